The Bertz CT molecular complexity index is 854. The smallest absolute Gasteiger partial charge is 0.272 e. The Morgan fingerprint density at radius 1 is 1.13 bits per heavy atom. The minimum Gasteiger partial charge on any atom is -0.467 e. The lowest BCUT2D eigenvalue weighted by molar-refractivity contribution is 0.0931. The molecule has 0 fully saturated rings. The molecule has 0 saturated heterocycles. The number of hydrogen-bond donors (Lipinski definition) is 1. The molecule has 116 valence electrons. The fraction of sp³-hybridized carbons (Fsp3) is 0.118. The van der Waals surface area contributed by atoms with E-state index in [0.29, 0.717) is 5.76 Å². The highest BCUT2D eigenvalue weighted by Gasteiger charge is 2.21. The first-order valence-electron chi connectivity index (χ1n) is 7.09. The number of nitrogens with one attached hydrogen (secondary N) is 1. The van der Waals surface area contributed by atoms with E-state index in [4.69, 9.17) is 4.42 Å². The molecule has 3 rings (SSSR count). The summed E-state index contributed by atoms with van der Waals surface area (Å²) in [5, 5.41) is 6.85. The average molecular weight is 309 g/mol. The van der Waals surface area contributed by atoms with E-state index in [0.717, 1.165) is 10.2 Å². The zero-order chi connectivity index (χ0) is 16.2. The number of nitrogens with zero attached hydrogens (tertiary/aromatic N) is 2. The summed E-state index contributed by atoms with van der Waals surface area (Å²) in [6, 6.07) is 15.3. The Kier molecular flexibility index (Phi) is 4.05. The van der Waals surface area contributed by atoms with Crippen LogP contribution < -0.4 is 10.9 Å². The summed E-state index contributed by atoms with van der Waals surface area (Å²) in [5.41, 5.74) is 0.785. The van der Waals surface area contributed by atoms with Crippen LogP contribution >= 0.6 is 0 Å². The summed E-state index contributed by atoms with van der Waals surface area (Å²) in [4.78, 5) is 23.8. The fourth-order valence-corrected chi connectivity index (χ4v) is 2.25. The van der Waals surface area contributed by atoms with Crippen LogP contribution in [0.1, 0.15) is 27.9 Å². The fourth-order valence-electron chi connectivity index (χ4n) is 2.25. The molecule has 0 aliphatic carbocycles. The number of amides is 1. The van der Waals surface area contributed by atoms with Gasteiger partial charge in [-0.05, 0) is 23.8 Å². The van der Waals surface area contributed by atoms with Crippen molar-refractivity contribution in [3.05, 3.63) is 88.2 Å². The van der Waals surface area contributed by atoms with Gasteiger partial charge in [0.25, 0.3) is 11.5 Å². The first-order chi connectivity index (χ1) is 11.1. The van der Waals surface area contributed by atoms with Gasteiger partial charge in [0.1, 0.15) is 17.5 Å². The molecular weight excluding hydrogens is 294 g/mol. The topological polar surface area (TPSA) is 77.1 Å². The van der Waals surface area contributed by atoms with E-state index in [1.807, 2.05) is 30.3 Å². The van der Waals surface area contributed by atoms with Crippen molar-refractivity contribution in [1.82, 2.24) is 15.1 Å². The van der Waals surface area contributed by atoms with Gasteiger partial charge < -0.3 is 9.73 Å². The van der Waals surface area contributed by atoms with Crippen molar-refractivity contribution < 1.29 is 9.21 Å². The molecule has 0 radical (unpaired) electrons. The molecule has 23 heavy (non-hydrogen) atoms. The summed E-state index contributed by atoms with van der Waals surface area (Å²) in [7, 11) is 1.50. The molecule has 1 atom stereocenters. The van der Waals surface area contributed by atoms with Crippen molar-refractivity contribution in [2.45, 2.75) is 6.04 Å². The van der Waals surface area contributed by atoms with Gasteiger partial charge in [-0.2, -0.15) is 5.10 Å². The molecule has 2 heterocycles. The van der Waals surface area contributed by atoms with Crippen LogP contribution in [-0.4, -0.2) is 15.7 Å². The molecule has 0 saturated carbocycles. The molecule has 0 spiro atoms. The van der Waals surface area contributed by atoms with Gasteiger partial charge >= 0.3 is 0 Å². The number of hydrogen-bond acceptors (Lipinski definition) is 4. The van der Waals surface area contributed by atoms with E-state index < -0.39 is 6.04 Å². The highest BCUT2D eigenvalue weighted by atomic mass is 16.3. The van der Waals surface area contributed by atoms with Crippen molar-refractivity contribution in [1.29, 1.82) is 0 Å². The van der Waals surface area contributed by atoms with Crippen LogP contribution in [0.5, 0.6) is 0 Å². The second-order valence-corrected chi connectivity index (χ2v) is 5.01. The maximum atomic E-state index is 12.5. The lowest BCUT2D eigenvalue weighted by Crippen LogP contribution is -2.31. The lowest BCUT2D eigenvalue weighted by Gasteiger charge is -2.17. The van der Waals surface area contributed by atoms with Gasteiger partial charge in [0, 0.05) is 13.1 Å². The molecule has 1 amide bonds. The zero-order valence-corrected chi connectivity index (χ0v) is 12.5. The zero-order valence-electron chi connectivity index (χ0n) is 12.5. The van der Waals surface area contributed by atoms with Crippen LogP contribution in [0.2, 0.25) is 0 Å². The minimum absolute atomic E-state index is 0.166. The number of aryl methyl sites for hydroxylation is 1. The molecule has 6 nitrogen and oxygen atoms in total. The SMILES string of the molecule is Cn1nc(C(=O)NC(c2ccccc2)c2ccco2)ccc1=O. The van der Waals surface area contributed by atoms with E-state index in [1.165, 1.54) is 19.2 Å². The lowest BCUT2D eigenvalue weighted by atomic mass is 10.0. The van der Waals surface area contributed by atoms with E-state index in [9.17, 15) is 9.59 Å². The summed E-state index contributed by atoms with van der Waals surface area (Å²) >= 11 is 0. The Balaban J connectivity index is 1.91. The summed E-state index contributed by atoms with van der Waals surface area (Å²) < 4.78 is 6.56. The Hall–Kier alpha value is -3.15. The van der Waals surface area contributed by atoms with Crippen LogP contribution in [0.4, 0.5) is 0 Å². The Morgan fingerprint density at radius 3 is 2.57 bits per heavy atom. The Morgan fingerprint density at radius 2 is 1.91 bits per heavy atom. The first-order valence-corrected chi connectivity index (χ1v) is 7.09. The van der Waals surface area contributed by atoms with Crippen molar-refractivity contribution in [2.24, 2.45) is 7.05 Å². The molecule has 1 unspecified atom stereocenters. The third-order valence-corrected chi connectivity index (χ3v) is 3.43. The third kappa shape index (κ3) is 3.21. The molecule has 1 N–H and O–H groups in total. The predicted octanol–water partition coefficient (Wildman–Crippen LogP) is 1.89. The third-order valence-electron chi connectivity index (χ3n) is 3.43. The number of benzene rings is 1. The molecule has 6 heteroatoms. The molecule has 0 bridgehead atoms. The molecule has 0 aliphatic rings. The van der Waals surface area contributed by atoms with Crippen LogP contribution in [0.25, 0.3) is 0 Å². The largest absolute Gasteiger partial charge is 0.467 e. The number of carbonyl (C=O) groups is 1. The standard InChI is InChI=1S/C17H15N3O3/c1-20-15(21)10-9-13(19-20)17(22)18-16(14-8-5-11-23-14)12-6-3-2-4-7-12/h2-11,16H,1H3,(H,18,22). The quantitative estimate of drug-likeness (QED) is 0.798. The number of carbonyl (C=O) groups excluding carboxylic acids is 1. The predicted molar refractivity (Wildman–Crippen MR) is 83.9 cm³/mol. The highest BCUT2D eigenvalue weighted by molar-refractivity contribution is 5.92. The molecule has 3 aromatic rings. The maximum absolute atomic E-state index is 12.5. The average Bonchev–Trinajstić information content (AvgIpc) is 3.10. The molecule has 1 aromatic carbocycles. The van der Waals surface area contributed by atoms with Gasteiger partial charge in [-0.25, -0.2) is 4.68 Å². The Labute approximate surface area is 132 Å². The molecule has 2 aromatic heterocycles. The van der Waals surface area contributed by atoms with Gasteiger partial charge in [0.05, 0.1) is 6.26 Å². The van der Waals surface area contributed by atoms with Crippen LogP contribution in [0, 0.1) is 0 Å². The van der Waals surface area contributed by atoms with Gasteiger partial charge in [-0.1, -0.05) is 30.3 Å². The van der Waals surface area contributed by atoms with Gasteiger partial charge in [-0.3, -0.25) is 9.59 Å². The number of furan rings is 1. The van der Waals surface area contributed by atoms with Gasteiger partial charge in [0.15, 0.2) is 0 Å². The summed E-state index contributed by atoms with van der Waals surface area (Å²) in [6.07, 6.45) is 1.56. The van der Waals surface area contributed by atoms with E-state index in [2.05, 4.69) is 10.4 Å². The van der Waals surface area contributed by atoms with Gasteiger partial charge in [0.2, 0.25) is 0 Å². The number of rotatable bonds is 4. The van der Waals surface area contributed by atoms with Crippen LogP contribution in [-0.2, 0) is 7.05 Å². The van der Waals surface area contributed by atoms with Crippen molar-refractivity contribution in [2.75, 3.05) is 0 Å². The van der Waals surface area contributed by atoms with Gasteiger partial charge in [-0.15, -0.1) is 0 Å². The summed E-state index contributed by atoms with van der Waals surface area (Å²) in [6.45, 7) is 0. The monoisotopic (exact) mass is 309 g/mol. The van der Waals surface area contributed by atoms with Crippen molar-refractivity contribution in [3.63, 3.8) is 0 Å². The summed E-state index contributed by atoms with van der Waals surface area (Å²) in [5.74, 6) is 0.236. The second-order valence-electron chi connectivity index (χ2n) is 5.01. The number of aromatic nitrogens is 2. The van der Waals surface area contributed by atoms with E-state index in [1.54, 1.807) is 18.4 Å². The van der Waals surface area contributed by atoms with Crippen molar-refractivity contribution >= 4 is 5.91 Å². The first kappa shape index (κ1) is 14.8. The highest BCUT2D eigenvalue weighted by Crippen LogP contribution is 2.22. The van der Waals surface area contributed by atoms with Crippen molar-refractivity contribution in [3.8, 4) is 0 Å². The normalized spacial score (nSPS) is 11.9. The van der Waals surface area contributed by atoms with Crippen LogP contribution in [0.3, 0.4) is 0 Å². The van der Waals surface area contributed by atoms with Crippen LogP contribution in [0.15, 0.2) is 70.1 Å². The second kappa shape index (κ2) is 6.31. The molecule has 0 aliphatic heterocycles. The minimum atomic E-state index is -0.433. The van der Waals surface area contributed by atoms with E-state index >= 15 is 0 Å². The molecular formula is C17H15N3O3. The maximum Gasteiger partial charge on any atom is 0.272 e. The van der Waals surface area contributed by atoms with E-state index in [-0.39, 0.29) is 17.2 Å².